The molecule has 2 rings (SSSR count). The number of aryl methyl sites for hydroxylation is 1. The summed E-state index contributed by atoms with van der Waals surface area (Å²) in [6, 6.07) is 6.77. The largest absolute Gasteiger partial charge is 0.480 e. The number of carboxylic acid groups (broad SMARTS) is 1. The molecule has 1 aliphatic heterocycles. The molecule has 0 spiro atoms. The number of rotatable bonds is 3. The van der Waals surface area contributed by atoms with Gasteiger partial charge in [0.2, 0.25) is 0 Å². The van der Waals surface area contributed by atoms with Crippen LogP contribution in [0.15, 0.2) is 24.3 Å². The number of amides is 2. The van der Waals surface area contributed by atoms with Gasteiger partial charge in [0.25, 0.3) is 0 Å². The van der Waals surface area contributed by atoms with Crippen LogP contribution in [0.2, 0.25) is 0 Å². The van der Waals surface area contributed by atoms with Crippen molar-refractivity contribution in [3.63, 3.8) is 0 Å². The van der Waals surface area contributed by atoms with Crippen molar-refractivity contribution in [1.29, 1.82) is 0 Å². The van der Waals surface area contributed by atoms with Crippen LogP contribution < -0.4 is 4.90 Å². The Bertz CT molecular complexity index is 516. The number of carboxylic acids is 1. The van der Waals surface area contributed by atoms with E-state index >= 15 is 0 Å². The van der Waals surface area contributed by atoms with E-state index in [0.29, 0.717) is 13.0 Å². The van der Waals surface area contributed by atoms with Crippen molar-refractivity contribution in [3.8, 4) is 0 Å². The summed E-state index contributed by atoms with van der Waals surface area (Å²) in [6.45, 7) is 2.41. The Morgan fingerprint density at radius 2 is 2.10 bits per heavy atom. The normalized spacial score (nSPS) is 15.4. The van der Waals surface area contributed by atoms with Crippen molar-refractivity contribution in [2.24, 2.45) is 0 Å². The number of benzene rings is 1. The number of aliphatic carboxylic acids is 1. The Morgan fingerprint density at radius 3 is 2.75 bits per heavy atom. The first-order valence-electron chi connectivity index (χ1n) is 6.91. The molecule has 0 fully saturated rings. The van der Waals surface area contributed by atoms with Gasteiger partial charge in [-0.2, -0.15) is 0 Å². The zero-order valence-electron chi connectivity index (χ0n) is 11.9. The fraction of sp³-hybridized carbons (Fsp3) is 0.467. The third kappa shape index (κ3) is 2.61. The maximum Gasteiger partial charge on any atom is 0.326 e. The molecule has 0 radical (unpaired) electrons. The van der Waals surface area contributed by atoms with Crippen LogP contribution in [-0.4, -0.2) is 41.6 Å². The summed E-state index contributed by atoms with van der Waals surface area (Å²) in [5.41, 5.74) is 2.04. The van der Waals surface area contributed by atoms with Gasteiger partial charge in [-0.25, -0.2) is 9.59 Å². The van der Waals surface area contributed by atoms with Crippen LogP contribution in [0, 0.1) is 0 Å². The SMILES string of the molecule is CCC(C(=O)O)N(C)C(=O)N1CCCc2ccccc21. The molecular formula is C15H20N2O3. The summed E-state index contributed by atoms with van der Waals surface area (Å²) in [6.07, 6.45) is 2.26. The van der Waals surface area contributed by atoms with Gasteiger partial charge in [-0.05, 0) is 30.9 Å². The fourth-order valence-electron chi connectivity index (χ4n) is 2.67. The third-order valence-corrected chi connectivity index (χ3v) is 3.78. The lowest BCUT2D eigenvalue weighted by atomic mass is 10.0. The van der Waals surface area contributed by atoms with E-state index in [9.17, 15) is 14.7 Å². The minimum absolute atomic E-state index is 0.244. The van der Waals surface area contributed by atoms with Gasteiger partial charge in [-0.15, -0.1) is 0 Å². The van der Waals surface area contributed by atoms with Gasteiger partial charge in [0.05, 0.1) is 0 Å². The van der Waals surface area contributed by atoms with E-state index in [1.165, 1.54) is 4.90 Å². The van der Waals surface area contributed by atoms with Crippen LogP contribution in [0.3, 0.4) is 0 Å². The number of anilines is 1. The van der Waals surface area contributed by atoms with E-state index in [4.69, 9.17) is 0 Å². The fourth-order valence-corrected chi connectivity index (χ4v) is 2.67. The highest BCUT2D eigenvalue weighted by Crippen LogP contribution is 2.27. The summed E-state index contributed by atoms with van der Waals surface area (Å²) in [7, 11) is 1.56. The van der Waals surface area contributed by atoms with Gasteiger partial charge in [0.1, 0.15) is 6.04 Å². The van der Waals surface area contributed by atoms with Crippen LogP contribution in [-0.2, 0) is 11.2 Å². The minimum atomic E-state index is -0.964. The standard InChI is InChI=1S/C15H20N2O3/c1-3-12(14(18)19)16(2)15(20)17-10-6-8-11-7-4-5-9-13(11)17/h4-5,7,9,12H,3,6,8,10H2,1-2H3,(H,18,19). The molecule has 1 heterocycles. The van der Waals surface area contributed by atoms with E-state index < -0.39 is 12.0 Å². The molecule has 0 aromatic heterocycles. The highest BCUT2D eigenvalue weighted by Gasteiger charge is 2.30. The average Bonchev–Trinajstić information content (AvgIpc) is 2.46. The second kappa shape index (κ2) is 5.94. The average molecular weight is 276 g/mol. The Kier molecular flexibility index (Phi) is 4.27. The lowest BCUT2D eigenvalue weighted by Crippen LogP contribution is -2.50. The predicted octanol–water partition coefficient (Wildman–Crippen LogP) is 2.35. The number of likely N-dealkylation sites (N-methyl/N-ethyl adjacent to an activating group) is 1. The van der Waals surface area contributed by atoms with Crippen LogP contribution in [0.1, 0.15) is 25.3 Å². The van der Waals surface area contributed by atoms with Crippen LogP contribution in [0.5, 0.6) is 0 Å². The quantitative estimate of drug-likeness (QED) is 0.922. The molecule has 0 aliphatic carbocycles. The molecular weight excluding hydrogens is 256 g/mol. The van der Waals surface area contributed by atoms with Crippen molar-refractivity contribution < 1.29 is 14.7 Å². The summed E-state index contributed by atoms with van der Waals surface area (Å²) < 4.78 is 0. The maximum atomic E-state index is 12.6. The molecule has 20 heavy (non-hydrogen) atoms. The summed E-state index contributed by atoms with van der Waals surface area (Å²) in [4.78, 5) is 26.8. The number of hydrogen-bond acceptors (Lipinski definition) is 2. The summed E-state index contributed by atoms with van der Waals surface area (Å²) in [5, 5.41) is 9.17. The molecule has 1 N–H and O–H groups in total. The third-order valence-electron chi connectivity index (χ3n) is 3.78. The molecule has 5 heteroatoms. The van der Waals surface area contributed by atoms with Crippen LogP contribution in [0.4, 0.5) is 10.5 Å². The van der Waals surface area contributed by atoms with E-state index in [1.54, 1.807) is 18.9 Å². The van der Waals surface area contributed by atoms with Gasteiger partial charge in [-0.1, -0.05) is 25.1 Å². The Balaban J connectivity index is 2.24. The van der Waals surface area contributed by atoms with Gasteiger partial charge >= 0.3 is 12.0 Å². The first kappa shape index (κ1) is 14.4. The Morgan fingerprint density at radius 1 is 1.40 bits per heavy atom. The number of carbonyl (C=O) groups is 2. The molecule has 0 saturated carbocycles. The summed E-state index contributed by atoms with van der Waals surface area (Å²) >= 11 is 0. The van der Waals surface area contributed by atoms with Crippen molar-refractivity contribution >= 4 is 17.7 Å². The topological polar surface area (TPSA) is 60.9 Å². The van der Waals surface area contributed by atoms with E-state index in [2.05, 4.69) is 0 Å². The molecule has 1 unspecified atom stereocenters. The van der Waals surface area contributed by atoms with Crippen molar-refractivity contribution in [2.45, 2.75) is 32.2 Å². The first-order chi connectivity index (χ1) is 9.56. The predicted molar refractivity (Wildman–Crippen MR) is 77.0 cm³/mol. The highest BCUT2D eigenvalue weighted by atomic mass is 16.4. The molecule has 1 atom stereocenters. The molecule has 1 aromatic rings. The zero-order chi connectivity index (χ0) is 14.7. The Hall–Kier alpha value is -2.04. The number of carbonyl (C=O) groups excluding carboxylic acids is 1. The Labute approximate surface area is 118 Å². The second-order valence-electron chi connectivity index (χ2n) is 5.04. The van der Waals surface area contributed by atoms with E-state index in [1.807, 2.05) is 24.3 Å². The van der Waals surface area contributed by atoms with Crippen molar-refractivity contribution in [3.05, 3.63) is 29.8 Å². The smallest absolute Gasteiger partial charge is 0.326 e. The van der Waals surface area contributed by atoms with Crippen molar-refractivity contribution in [1.82, 2.24) is 4.90 Å². The first-order valence-corrected chi connectivity index (χ1v) is 6.91. The van der Waals surface area contributed by atoms with E-state index in [0.717, 1.165) is 24.1 Å². The lowest BCUT2D eigenvalue weighted by molar-refractivity contribution is -0.141. The van der Waals surface area contributed by atoms with Crippen LogP contribution in [0.25, 0.3) is 0 Å². The monoisotopic (exact) mass is 276 g/mol. The van der Waals surface area contributed by atoms with Gasteiger partial charge < -0.3 is 10.0 Å². The number of hydrogen-bond donors (Lipinski definition) is 1. The molecule has 1 aromatic carbocycles. The molecule has 108 valence electrons. The van der Waals surface area contributed by atoms with E-state index in [-0.39, 0.29) is 6.03 Å². The molecule has 0 bridgehead atoms. The summed E-state index contributed by atoms with van der Waals surface area (Å²) in [5.74, 6) is -0.964. The number of fused-ring (bicyclic) bond motifs is 1. The number of para-hydroxylation sites is 1. The van der Waals surface area contributed by atoms with Gasteiger partial charge in [0, 0.05) is 19.3 Å². The maximum absolute atomic E-state index is 12.6. The van der Waals surface area contributed by atoms with Gasteiger partial charge in [0.15, 0.2) is 0 Å². The number of nitrogens with zero attached hydrogens (tertiary/aromatic N) is 2. The molecule has 5 nitrogen and oxygen atoms in total. The lowest BCUT2D eigenvalue weighted by Gasteiger charge is -2.34. The molecule has 1 aliphatic rings. The van der Waals surface area contributed by atoms with Gasteiger partial charge in [-0.3, -0.25) is 4.90 Å². The van der Waals surface area contributed by atoms with Crippen molar-refractivity contribution in [2.75, 3.05) is 18.5 Å². The highest BCUT2D eigenvalue weighted by molar-refractivity contribution is 5.95. The zero-order valence-corrected chi connectivity index (χ0v) is 11.9. The minimum Gasteiger partial charge on any atom is -0.480 e. The number of urea groups is 1. The molecule has 2 amide bonds. The second-order valence-corrected chi connectivity index (χ2v) is 5.04. The molecule has 0 saturated heterocycles. The van der Waals surface area contributed by atoms with Crippen LogP contribution >= 0.6 is 0 Å².